The molecule has 2 N–H and O–H groups in total. The van der Waals surface area contributed by atoms with Crippen molar-refractivity contribution in [2.75, 3.05) is 19.7 Å². The second-order valence-corrected chi connectivity index (χ2v) is 5.83. The van der Waals surface area contributed by atoms with E-state index in [4.69, 9.17) is 10.5 Å². The molecule has 0 bridgehead atoms. The summed E-state index contributed by atoms with van der Waals surface area (Å²) in [4.78, 5) is 25.7. The SMILES string of the molecule is CCCC(CCN)CCC(=O)N(CC(=O)OCC)C1CC1. The number of nitrogens with two attached hydrogens (primary N) is 1. The normalized spacial score (nSPS) is 15.6. The van der Waals surface area contributed by atoms with E-state index >= 15 is 0 Å². The van der Waals surface area contributed by atoms with Crippen LogP contribution in [0.1, 0.15) is 58.8 Å². The Hall–Kier alpha value is -1.10. The standard InChI is InChI=1S/C16H30N2O3/c1-3-5-13(10-11-17)6-9-15(19)18(14-7-8-14)12-16(20)21-4-2/h13-14H,3-12,17H2,1-2H3. The molecule has 1 fully saturated rings. The summed E-state index contributed by atoms with van der Waals surface area (Å²) in [7, 11) is 0. The maximum atomic E-state index is 12.4. The summed E-state index contributed by atoms with van der Waals surface area (Å²) in [5.41, 5.74) is 5.63. The highest BCUT2D eigenvalue weighted by Gasteiger charge is 2.34. The van der Waals surface area contributed by atoms with Crippen molar-refractivity contribution in [2.24, 2.45) is 11.7 Å². The number of ether oxygens (including phenoxy) is 1. The molecule has 0 saturated heterocycles. The second kappa shape index (κ2) is 9.77. The molecule has 0 heterocycles. The molecule has 1 atom stereocenters. The molecule has 0 aromatic carbocycles. The van der Waals surface area contributed by atoms with Crippen LogP contribution >= 0.6 is 0 Å². The fraction of sp³-hybridized carbons (Fsp3) is 0.875. The van der Waals surface area contributed by atoms with Gasteiger partial charge in [-0.25, -0.2) is 0 Å². The number of amides is 1. The van der Waals surface area contributed by atoms with Gasteiger partial charge in [-0.1, -0.05) is 19.8 Å². The first-order valence-corrected chi connectivity index (χ1v) is 8.27. The van der Waals surface area contributed by atoms with Crippen LogP contribution in [-0.4, -0.2) is 42.5 Å². The third-order valence-corrected chi connectivity index (χ3v) is 3.95. The van der Waals surface area contributed by atoms with Crippen LogP contribution < -0.4 is 5.73 Å². The van der Waals surface area contributed by atoms with Gasteiger partial charge in [0.25, 0.3) is 0 Å². The Morgan fingerprint density at radius 2 is 1.95 bits per heavy atom. The van der Waals surface area contributed by atoms with Crippen molar-refractivity contribution in [3.63, 3.8) is 0 Å². The molecule has 0 aromatic rings. The largest absolute Gasteiger partial charge is 0.465 e. The summed E-state index contributed by atoms with van der Waals surface area (Å²) >= 11 is 0. The van der Waals surface area contributed by atoms with Crippen LogP contribution in [0.5, 0.6) is 0 Å². The lowest BCUT2D eigenvalue weighted by molar-refractivity contribution is -0.149. The molecule has 0 radical (unpaired) electrons. The van der Waals surface area contributed by atoms with Crippen molar-refractivity contribution < 1.29 is 14.3 Å². The van der Waals surface area contributed by atoms with Crippen LogP contribution in [0.15, 0.2) is 0 Å². The topological polar surface area (TPSA) is 72.6 Å². The van der Waals surface area contributed by atoms with Gasteiger partial charge in [-0.15, -0.1) is 0 Å². The van der Waals surface area contributed by atoms with Crippen LogP contribution in [0.2, 0.25) is 0 Å². The molecular formula is C16H30N2O3. The number of nitrogens with zero attached hydrogens (tertiary/aromatic N) is 1. The van der Waals surface area contributed by atoms with Crippen molar-refractivity contribution in [1.29, 1.82) is 0 Å². The highest BCUT2D eigenvalue weighted by Crippen LogP contribution is 2.28. The zero-order chi connectivity index (χ0) is 15.7. The minimum absolute atomic E-state index is 0.0867. The molecule has 1 amide bonds. The van der Waals surface area contributed by atoms with E-state index in [-0.39, 0.29) is 24.5 Å². The highest BCUT2D eigenvalue weighted by molar-refractivity contribution is 5.82. The molecule has 5 heteroatoms. The molecule has 5 nitrogen and oxygen atoms in total. The maximum absolute atomic E-state index is 12.4. The van der Waals surface area contributed by atoms with Gasteiger partial charge in [-0.05, 0) is 45.1 Å². The zero-order valence-corrected chi connectivity index (χ0v) is 13.5. The summed E-state index contributed by atoms with van der Waals surface area (Å²) in [6.45, 7) is 5.08. The molecule has 0 aromatic heterocycles. The van der Waals surface area contributed by atoms with Gasteiger partial charge in [0.2, 0.25) is 5.91 Å². The fourth-order valence-electron chi connectivity index (χ4n) is 2.70. The molecule has 0 aliphatic heterocycles. The smallest absolute Gasteiger partial charge is 0.325 e. The van der Waals surface area contributed by atoms with Crippen molar-refractivity contribution in [3.8, 4) is 0 Å². The summed E-state index contributed by atoms with van der Waals surface area (Å²) in [6.07, 6.45) is 6.61. The number of esters is 1. The summed E-state index contributed by atoms with van der Waals surface area (Å²) in [6, 6.07) is 0.251. The minimum Gasteiger partial charge on any atom is -0.465 e. The molecule has 21 heavy (non-hydrogen) atoms. The van der Waals surface area contributed by atoms with Crippen LogP contribution in [0.4, 0.5) is 0 Å². The maximum Gasteiger partial charge on any atom is 0.325 e. The Balaban J connectivity index is 2.43. The Morgan fingerprint density at radius 1 is 1.24 bits per heavy atom. The lowest BCUT2D eigenvalue weighted by Gasteiger charge is -2.23. The van der Waals surface area contributed by atoms with Gasteiger partial charge in [0, 0.05) is 12.5 Å². The van der Waals surface area contributed by atoms with Crippen molar-refractivity contribution in [2.45, 2.75) is 64.8 Å². The quantitative estimate of drug-likeness (QED) is 0.593. The van der Waals surface area contributed by atoms with E-state index in [0.717, 1.165) is 38.5 Å². The van der Waals surface area contributed by atoms with Crippen LogP contribution in [-0.2, 0) is 14.3 Å². The van der Waals surface area contributed by atoms with Gasteiger partial charge in [0.15, 0.2) is 0 Å². The van der Waals surface area contributed by atoms with E-state index in [2.05, 4.69) is 6.92 Å². The van der Waals surface area contributed by atoms with Gasteiger partial charge in [0.05, 0.1) is 6.61 Å². The van der Waals surface area contributed by atoms with Crippen molar-refractivity contribution in [3.05, 3.63) is 0 Å². The molecule has 122 valence electrons. The van der Waals surface area contributed by atoms with Gasteiger partial charge < -0.3 is 15.4 Å². The van der Waals surface area contributed by atoms with Crippen LogP contribution in [0, 0.1) is 5.92 Å². The minimum atomic E-state index is -0.301. The first-order valence-electron chi connectivity index (χ1n) is 8.27. The van der Waals surface area contributed by atoms with Gasteiger partial charge in [-0.3, -0.25) is 9.59 Å². The summed E-state index contributed by atoms with van der Waals surface area (Å²) < 4.78 is 4.95. The number of hydrogen-bond acceptors (Lipinski definition) is 4. The number of carbonyl (C=O) groups is 2. The predicted octanol–water partition coefficient (Wildman–Crippen LogP) is 2.09. The lowest BCUT2D eigenvalue weighted by Crippen LogP contribution is -2.38. The van der Waals surface area contributed by atoms with E-state index in [1.54, 1.807) is 11.8 Å². The number of carbonyl (C=O) groups excluding carboxylic acids is 2. The van der Waals surface area contributed by atoms with Crippen LogP contribution in [0.25, 0.3) is 0 Å². The van der Waals surface area contributed by atoms with E-state index in [0.29, 0.717) is 25.5 Å². The third kappa shape index (κ3) is 6.93. The molecule has 1 aliphatic carbocycles. The Bertz CT molecular complexity index is 323. The third-order valence-electron chi connectivity index (χ3n) is 3.95. The summed E-state index contributed by atoms with van der Waals surface area (Å²) in [5, 5.41) is 0. The average Bonchev–Trinajstić information content (AvgIpc) is 3.27. The van der Waals surface area contributed by atoms with E-state index in [1.165, 1.54) is 0 Å². The van der Waals surface area contributed by atoms with Crippen LogP contribution in [0.3, 0.4) is 0 Å². The predicted molar refractivity (Wildman–Crippen MR) is 82.7 cm³/mol. The lowest BCUT2D eigenvalue weighted by atomic mass is 9.94. The van der Waals surface area contributed by atoms with Gasteiger partial charge in [0.1, 0.15) is 6.54 Å². The average molecular weight is 298 g/mol. The monoisotopic (exact) mass is 298 g/mol. The Labute approximate surface area is 128 Å². The van der Waals surface area contributed by atoms with E-state index < -0.39 is 0 Å². The first kappa shape index (κ1) is 18.0. The van der Waals surface area contributed by atoms with Gasteiger partial charge in [-0.2, -0.15) is 0 Å². The number of rotatable bonds is 11. The highest BCUT2D eigenvalue weighted by atomic mass is 16.5. The fourth-order valence-corrected chi connectivity index (χ4v) is 2.70. The second-order valence-electron chi connectivity index (χ2n) is 5.83. The van der Waals surface area contributed by atoms with Crippen molar-refractivity contribution >= 4 is 11.9 Å². The Morgan fingerprint density at radius 3 is 2.48 bits per heavy atom. The molecule has 1 saturated carbocycles. The van der Waals surface area contributed by atoms with E-state index in [9.17, 15) is 9.59 Å². The van der Waals surface area contributed by atoms with E-state index in [1.807, 2.05) is 0 Å². The number of hydrogen-bond donors (Lipinski definition) is 1. The van der Waals surface area contributed by atoms with Gasteiger partial charge >= 0.3 is 5.97 Å². The Kier molecular flexibility index (Phi) is 8.35. The molecule has 1 unspecified atom stereocenters. The molecular weight excluding hydrogens is 268 g/mol. The zero-order valence-electron chi connectivity index (χ0n) is 13.5. The molecule has 1 rings (SSSR count). The molecule has 0 spiro atoms. The van der Waals surface area contributed by atoms with Crippen molar-refractivity contribution in [1.82, 2.24) is 4.90 Å². The molecule has 1 aliphatic rings. The summed E-state index contributed by atoms with van der Waals surface area (Å²) in [5.74, 6) is 0.307. The first-order chi connectivity index (χ1) is 10.1.